The number of nitrogens with one attached hydrogen (secondary N) is 1. The Kier molecular flexibility index (Phi) is 7.84. The van der Waals surface area contributed by atoms with E-state index in [0.29, 0.717) is 22.7 Å². The van der Waals surface area contributed by atoms with E-state index >= 15 is 0 Å². The zero-order chi connectivity index (χ0) is 28.6. The highest BCUT2D eigenvalue weighted by molar-refractivity contribution is 6.33. The van der Waals surface area contributed by atoms with Crippen LogP contribution < -0.4 is 5.32 Å². The zero-order valence-electron chi connectivity index (χ0n) is 23.0. The van der Waals surface area contributed by atoms with Gasteiger partial charge < -0.3 is 10.2 Å². The summed E-state index contributed by atoms with van der Waals surface area (Å²) in [5.41, 5.74) is 4.32. The molecule has 3 aromatic carbocycles. The first-order valence-electron chi connectivity index (χ1n) is 14.4. The van der Waals surface area contributed by atoms with Crippen molar-refractivity contribution in [3.8, 4) is 0 Å². The highest BCUT2D eigenvalue weighted by Crippen LogP contribution is 2.42. The van der Waals surface area contributed by atoms with Crippen molar-refractivity contribution in [3.63, 3.8) is 0 Å². The molecule has 1 spiro atoms. The van der Waals surface area contributed by atoms with Gasteiger partial charge in [-0.25, -0.2) is 8.78 Å². The van der Waals surface area contributed by atoms with Crippen molar-refractivity contribution in [2.75, 3.05) is 26.2 Å². The summed E-state index contributed by atoms with van der Waals surface area (Å²) >= 11 is 6.22. The minimum atomic E-state index is -0.812. The number of rotatable bonds is 5. The van der Waals surface area contributed by atoms with Crippen LogP contribution in [0.15, 0.2) is 60.7 Å². The van der Waals surface area contributed by atoms with Crippen LogP contribution in [0.25, 0.3) is 0 Å². The van der Waals surface area contributed by atoms with Crippen molar-refractivity contribution >= 4 is 23.4 Å². The molecule has 0 radical (unpaired) electrons. The highest BCUT2D eigenvalue weighted by Gasteiger charge is 2.39. The van der Waals surface area contributed by atoms with Gasteiger partial charge in [-0.05, 0) is 110 Å². The first-order chi connectivity index (χ1) is 19.8. The molecule has 0 saturated carbocycles. The summed E-state index contributed by atoms with van der Waals surface area (Å²) in [5, 5.41) is 3.53. The Hall–Kier alpha value is -3.29. The molecule has 2 heterocycles. The monoisotopic (exact) mass is 577 g/mol. The average molecular weight is 578 g/mol. The fourth-order valence-corrected chi connectivity index (χ4v) is 6.94. The average Bonchev–Trinajstić information content (AvgIpc) is 3.38. The number of carbonyl (C=O) groups is 2. The molecule has 214 valence electrons. The topological polar surface area (TPSA) is 52.7 Å². The minimum absolute atomic E-state index is 0.0431. The molecule has 0 aromatic heterocycles. The number of carbonyl (C=O) groups excluding carboxylic acids is 2. The highest BCUT2D eigenvalue weighted by atomic mass is 35.5. The third kappa shape index (κ3) is 5.88. The summed E-state index contributed by atoms with van der Waals surface area (Å²) in [7, 11) is 0. The number of hydrogen-bond donors (Lipinski definition) is 1. The lowest BCUT2D eigenvalue weighted by atomic mass is 9.71. The summed E-state index contributed by atoms with van der Waals surface area (Å²) in [6.07, 6.45) is 5.69. The third-order valence-electron chi connectivity index (χ3n) is 9.31. The van der Waals surface area contributed by atoms with Crippen molar-refractivity contribution in [2.24, 2.45) is 5.41 Å². The number of piperidine rings is 2. The SMILES string of the molecule is O=C(NC1CCc2ccc(C(=O)N3CCC4(CCN(Cc5ccc(F)c(F)c5)CC4)CC3)cc21)c1ccccc1Cl. The molecular weight excluding hydrogens is 544 g/mol. The quantitative estimate of drug-likeness (QED) is 0.374. The maximum atomic E-state index is 13.6. The van der Waals surface area contributed by atoms with E-state index in [2.05, 4.69) is 10.2 Å². The number of likely N-dealkylation sites (tertiary alicyclic amines) is 2. The van der Waals surface area contributed by atoms with Gasteiger partial charge in [0.1, 0.15) is 0 Å². The molecule has 41 heavy (non-hydrogen) atoms. The van der Waals surface area contributed by atoms with Crippen LogP contribution in [0.3, 0.4) is 0 Å². The Morgan fingerprint density at radius 1 is 0.902 bits per heavy atom. The maximum absolute atomic E-state index is 13.6. The van der Waals surface area contributed by atoms with Crippen molar-refractivity contribution in [1.29, 1.82) is 0 Å². The molecule has 2 fully saturated rings. The molecular formula is C33H34ClF2N3O2. The molecule has 8 heteroatoms. The summed E-state index contributed by atoms with van der Waals surface area (Å²) in [4.78, 5) is 30.7. The van der Waals surface area contributed by atoms with Crippen LogP contribution in [-0.2, 0) is 13.0 Å². The van der Waals surface area contributed by atoms with Gasteiger partial charge in [0.25, 0.3) is 11.8 Å². The van der Waals surface area contributed by atoms with E-state index in [-0.39, 0.29) is 23.3 Å². The van der Waals surface area contributed by atoms with Crippen LogP contribution in [0, 0.1) is 17.0 Å². The summed E-state index contributed by atoms with van der Waals surface area (Å²) in [5.74, 6) is -1.77. The largest absolute Gasteiger partial charge is 0.345 e. The van der Waals surface area contributed by atoms with Crippen LogP contribution >= 0.6 is 11.6 Å². The molecule has 6 rings (SSSR count). The van der Waals surface area contributed by atoms with E-state index in [4.69, 9.17) is 11.6 Å². The van der Waals surface area contributed by atoms with Gasteiger partial charge in [-0.2, -0.15) is 0 Å². The molecule has 1 atom stereocenters. The zero-order valence-corrected chi connectivity index (χ0v) is 23.7. The van der Waals surface area contributed by atoms with Crippen LogP contribution in [0.2, 0.25) is 5.02 Å². The second-order valence-corrected chi connectivity index (χ2v) is 12.2. The Balaban J connectivity index is 1.04. The summed E-state index contributed by atoms with van der Waals surface area (Å²) < 4.78 is 26.9. The lowest BCUT2D eigenvalue weighted by Gasteiger charge is -2.47. The fraction of sp³-hybridized carbons (Fsp3) is 0.394. The van der Waals surface area contributed by atoms with Gasteiger partial charge in [0.15, 0.2) is 11.6 Å². The first kappa shape index (κ1) is 27.9. The third-order valence-corrected chi connectivity index (χ3v) is 9.64. The van der Waals surface area contributed by atoms with Gasteiger partial charge in [-0.15, -0.1) is 0 Å². The molecule has 1 aliphatic carbocycles. The predicted molar refractivity (Wildman–Crippen MR) is 155 cm³/mol. The van der Waals surface area contributed by atoms with E-state index in [1.807, 2.05) is 23.1 Å². The van der Waals surface area contributed by atoms with Gasteiger partial charge in [-0.1, -0.05) is 35.9 Å². The lowest BCUT2D eigenvalue weighted by molar-refractivity contribution is 0.0285. The normalized spacial score (nSPS) is 20.2. The van der Waals surface area contributed by atoms with Gasteiger partial charge in [0.2, 0.25) is 0 Å². The molecule has 0 bridgehead atoms. The van der Waals surface area contributed by atoms with E-state index in [0.717, 1.165) is 75.8 Å². The summed E-state index contributed by atoms with van der Waals surface area (Å²) in [6, 6.07) is 16.9. The smallest absolute Gasteiger partial charge is 0.253 e. The van der Waals surface area contributed by atoms with Crippen molar-refractivity contribution in [1.82, 2.24) is 15.1 Å². The number of benzene rings is 3. The van der Waals surface area contributed by atoms with Crippen molar-refractivity contribution in [3.05, 3.63) is 105 Å². The molecule has 5 nitrogen and oxygen atoms in total. The standard InChI is InChI=1S/C33H34ClF2N3O2/c34-27-4-2-1-3-25(27)31(40)37-30-10-8-23-6-7-24(20-26(23)30)32(41)39-17-13-33(14-18-39)11-15-38(16-12-33)21-22-5-9-28(35)29(36)19-22/h1-7,9,19-20,30H,8,10-18,21H2,(H,37,40). The molecule has 1 unspecified atom stereocenters. The Morgan fingerprint density at radius 2 is 1.63 bits per heavy atom. The fourth-order valence-electron chi connectivity index (χ4n) is 6.72. The number of halogens is 3. The van der Waals surface area contributed by atoms with E-state index < -0.39 is 11.6 Å². The van der Waals surface area contributed by atoms with E-state index in [1.165, 1.54) is 17.7 Å². The lowest BCUT2D eigenvalue weighted by Crippen LogP contribution is -2.48. The second kappa shape index (κ2) is 11.5. The second-order valence-electron chi connectivity index (χ2n) is 11.8. The number of nitrogens with zero attached hydrogens (tertiary/aromatic N) is 2. The maximum Gasteiger partial charge on any atom is 0.253 e. The van der Waals surface area contributed by atoms with E-state index in [9.17, 15) is 18.4 Å². The van der Waals surface area contributed by atoms with Gasteiger partial charge in [0.05, 0.1) is 16.6 Å². The van der Waals surface area contributed by atoms with Gasteiger partial charge in [0, 0.05) is 25.2 Å². The number of amides is 2. The minimum Gasteiger partial charge on any atom is -0.345 e. The van der Waals surface area contributed by atoms with Crippen LogP contribution in [0.5, 0.6) is 0 Å². The molecule has 1 N–H and O–H groups in total. The Labute approximate surface area is 244 Å². The van der Waals surface area contributed by atoms with Crippen molar-refractivity contribution in [2.45, 2.75) is 51.1 Å². The molecule has 3 aliphatic rings. The van der Waals surface area contributed by atoms with Gasteiger partial charge >= 0.3 is 0 Å². The first-order valence-corrected chi connectivity index (χ1v) is 14.8. The summed E-state index contributed by atoms with van der Waals surface area (Å²) in [6.45, 7) is 3.91. The number of hydrogen-bond acceptors (Lipinski definition) is 3. The molecule has 3 aromatic rings. The Morgan fingerprint density at radius 3 is 2.37 bits per heavy atom. The molecule has 2 aliphatic heterocycles. The van der Waals surface area contributed by atoms with Crippen LogP contribution in [0.4, 0.5) is 8.78 Å². The van der Waals surface area contributed by atoms with Gasteiger partial charge in [-0.3, -0.25) is 14.5 Å². The van der Waals surface area contributed by atoms with Crippen molar-refractivity contribution < 1.29 is 18.4 Å². The Bertz CT molecular complexity index is 1460. The van der Waals surface area contributed by atoms with Crippen LogP contribution in [0.1, 0.15) is 75.6 Å². The molecule has 2 saturated heterocycles. The van der Waals surface area contributed by atoms with Crippen LogP contribution in [-0.4, -0.2) is 47.8 Å². The number of fused-ring (bicyclic) bond motifs is 1. The molecule has 2 amide bonds. The number of aryl methyl sites for hydroxylation is 1. The van der Waals surface area contributed by atoms with E-state index in [1.54, 1.807) is 30.3 Å². The predicted octanol–water partition coefficient (Wildman–Crippen LogP) is 6.55.